The first-order valence-electron chi connectivity index (χ1n) is 7.30. The number of ether oxygens (including phenoxy) is 1. The van der Waals surface area contributed by atoms with E-state index in [1.54, 1.807) is 17.0 Å². The summed E-state index contributed by atoms with van der Waals surface area (Å²) in [6, 6.07) is 5.75. The minimum absolute atomic E-state index is 0.0288. The first-order chi connectivity index (χ1) is 11.0. The van der Waals surface area contributed by atoms with Crippen LogP contribution in [-0.2, 0) is 9.53 Å². The fourth-order valence-corrected chi connectivity index (χ4v) is 2.60. The Bertz CT molecular complexity index is 726. The van der Waals surface area contributed by atoms with Crippen molar-refractivity contribution in [2.75, 3.05) is 13.1 Å². The van der Waals surface area contributed by atoms with E-state index in [4.69, 9.17) is 4.74 Å². The third-order valence-electron chi connectivity index (χ3n) is 3.86. The summed E-state index contributed by atoms with van der Waals surface area (Å²) in [6.07, 6.45) is 1.69. The minimum Gasteiger partial charge on any atom is -0.457 e. The second-order valence-electron chi connectivity index (χ2n) is 5.45. The van der Waals surface area contributed by atoms with Gasteiger partial charge >= 0.3 is 5.97 Å². The maximum atomic E-state index is 13.0. The lowest BCUT2D eigenvalue weighted by molar-refractivity contribution is -0.128. The summed E-state index contributed by atoms with van der Waals surface area (Å²) in [5.74, 6) is -0.889. The zero-order valence-electron chi connectivity index (χ0n) is 12.6. The second-order valence-corrected chi connectivity index (χ2v) is 5.45. The summed E-state index contributed by atoms with van der Waals surface area (Å²) >= 11 is 0. The molecule has 1 unspecified atom stereocenters. The molecule has 0 aliphatic carbocycles. The third-order valence-corrected chi connectivity index (χ3v) is 3.86. The molecule has 0 bridgehead atoms. The summed E-state index contributed by atoms with van der Waals surface area (Å²) in [7, 11) is 0. The first-order valence-corrected chi connectivity index (χ1v) is 7.30. The molecule has 1 atom stereocenters. The van der Waals surface area contributed by atoms with Gasteiger partial charge in [0.15, 0.2) is 0 Å². The molecule has 1 aliphatic heterocycles. The lowest BCUT2D eigenvalue weighted by Gasteiger charge is -2.14. The average Bonchev–Trinajstić information content (AvgIpc) is 3.16. The molecule has 1 aromatic carbocycles. The second kappa shape index (κ2) is 6.20. The van der Waals surface area contributed by atoms with Crippen LogP contribution in [0.3, 0.4) is 0 Å². The summed E-state index contributed by atoms with van der Waals surface area (Å²) in [6.45, 7) is 2.49. The molecule has 1 N–H and O–H groups in total. The van der Waals surface area contributed by atoms with Crippen LogP contribution in [-0.4, -0.2) is 46.2 Å². The van der Waals surface area contributed by atoms with Crippen molar-refractivity contribution in [3.63, 3.8) is 0 Å². The first kappa shape index (κ1) is 15.2. The van der Waals surface area contributed by atoms with E-state index in [0.717, 1.165) is 0 Å². The highest BCUT2D eigenvalue weighted by molar-refractivity contribution is 5.96. The molecule has 23 heavy (non-hydrogen) atoms. The quantitative estimate of drug-likeness (QED) is 0.879. The van der Waals surface area contributed by atoms with Crippen molar-refractivity contribution in [2.45, 2.75) is 19.4 Å². The van der Waals surface area contributed by atoms with Gasteiger partial charge in [0.05, 0.1) is 18.4 Å². The largest absolute Gasteiger partial charge is 0.457 e. The van der Waals surface area contributed by atoms with Gasteiger partial charge in [-0.3, -0.25) is 9.89 Å². The summed E-state index contributed by atoms with van der Waals surface area (Å²) < 4.78 is 18.5. The summed E-state index contributed by atoms with van der Waals surface area (Å²) in [5, 5.41) is 6.61. The molecule has 1 aliphatic rings. The lowest BCUT2D eigenvalue weighted by atomic mass is 10.1. The van der Waals surface area contributed by atoms with Crippen LogP contribution in [0.25, 0.3) is 11.3 Å². The highest BCUT2D eigenvalue weighted by atomic mass is 19.1. The van der Waals surface area contributed by atoms with Gasteiger partial charge in [0.25, 0.3) is 0 Å². The number of nitrogens with one attached hydrogen (secondary N) is 1. The molecule has 1 aromatic heterocycles. The van der Waals surface area contributed by atoms with Crippen molar-refractivity contribution in [1.29, 1.82) is 0 Å². The topological polar surface area (TPSA) is 75.3 Å². The van der Waals surface area contributed by atoms with Crippen molar-refractivity contribution in [3.05, 3.63) is 41.8 Å². The molecule has 3 rings (SSSR count). The highest BCUT2D eigenvalue weighted by Crippen LogP contribution is 2.23. The van der Waals surface area contributed by atoms with Gasteiger partial charge in [-0.05, 0) is 24.3 Å². The van der Waals surface area contributed by atoms with Crippen LogP contribution in [0.15, 0.2) is 30.5 Å². The number of likely N-dealkylation sites (tertiary alicyclic amines) is 1. The molecule has 0 radical (unpaired) electrons. The molecular weight excluding hydrogens is 301 g/mol. The Labute approximate surface area is 132 Å². The number of nitrogens with zero attached hydrogens (tertiary/aromatic N) is 2. The summed E-state index contributed by atoms with van der Waals surface area (Å²) in [4.78, 5) is 25.3. The van der Waals surface area contributed by atoms with Gasteiger partial charge in [-0.2, -0.15) is 5.10 Å². The predicted molar refractivity (Wildman–Crippen MR) is 80.1 cm³/mol. The van der Waals surface area contributed by atoms with E-state index >= 15 is 0 Å². The van der Waals surface area contributed by atoms with Gasteiger partial charge < -0.3 is 9.64 Å². The highest BCUT2D eigenvalue weighted by Gasteiger charge is 2.28. The van der Waals surface area contributed by atoms with Crippen molar-refractivity contribution >= 4 is 11.9 Å². The summed E-state index contributed by atoms with van der Waals surface area (Å²) in [5.41, 5.74) is 1.42. The fraction of sp³-hybridized carbons (Fsp3) is 0.312. The SMILES string of the molecule is CC(=O)N1CCC(OC(=O)c2cn[nH]c2-c2ccc(F)cc2)C1. The van der Waals surface area contributed by atoms with Crippen LogP contribution >= 0.6 is 0 Å². The zero-order chi connectivity index (χ0) is 16.4. The number of rotatable bonds is 3. The molecule has 0 saturated carbocycles. The molecule has 0 spiro atoms. The van der Waals surface area contributed by atoms with E-state index < -0.39 is 5.97 Å². The molecule has 2 heterocycles. The van der Waals surface area contributed by atoms with Crippen molar-refractivity contribution < 1.29 is 18.7 Å². The molecular formula is C16H16FN3O3. The van der Waals surface area contributed by atoms with Gasteiger partial charge in [0, 0.05) is 25.5 Å². The Morgan fingerprint density at radius 3 is 2.74 bits per heavy atom. The van der Waals surface area contributed by atoms with Crippen LogP contribution in [0.1, 0.15) is 23.7 Å². The molecule has 7 heteroatoms. The van der Waals surface area contributed by atoms with Crippen molar-refractivity contribution in [1.82, 2.24) is 15.1 Å². The Morgan fingerprint density at radius 1 is 1.35 bits per heavy atom. The average molecular weight is 317 g/mol. The van der Waals surface area contributed by atoms with Crippen LogP contribution in [0.2, 0.25) is 0 Å². The van der Waals surface area contributed by atoms with E-state index in [-0.39, 0.29) is 23.4 Å². The number of carbonyl (C=O) groups is 2. The molecule has 1 amide bonds. The number of aromatic nitrogens is 2. The van der Waals surface area contributed by atoms with Gasteiger partial charge in [-0.25, -0.2) is 9.18 Å². The molecule has 1 fully saturated rings. The standard InChI is InChI=1S/C16H16FN3O3/c1-10(21)20-7-6-13(9-20)23-16(22)14-8-18-19-15(14)11-2-4-12(17)5-3-11/h2-5,8,13H,6-7,9H2,1H3,(H,18,19). The number of H-pyrrole nitrogens is 1. The number of amides is 1. The maximum Gasteiger partial charge on any atom is 0.342 e. The number of aromatic amines is 1. The molecule has 1 saturated heterocycles. The van der Waals surface area contributed by atoms with Crippen molar-refractivity contribution in [2.24, 2.45) is 0 Å². The zero-order valence-corrected chi connectivity index (χ0v) is 12.6. The number of esters is 1. The third kappa shape index (κ3) is 3.23. The van der Waals surface area contributed by atoms with Crippen molar-refractivity contribution in [3.8, 4) is 11.3 Å². The number of halogens is 1. The number of benzene rings is 1. The molecule has 120 valence electrons. The Balaban J connectivity index is 1.73. The number of carbonyl (C=O) groups excluding carboxylic acids is 2. The monoisotopic (exact) mass is 317 g/mol. The van der Waals surface area contributed by atoms with E-state index in [1.165, 1.54) is 25.3 Å². The fourth-order valence-electron chi connectivity index (χ4n) is 2.60. The number of hydrogen-bond donors (Lipinski definition) is 1. The minimum atomic E-state index is -0.506. The predicted octanol–water partition coefficient (Wildman–Crippen LogP) is 1.99. The molecule has 6 nitrogen and oxygen atoms in total. The molecule has 2 aromatic rings. The maximum absolute atomic E-state index is 13.0. The van der Waals surface area contributed by atoms with Crippen LogP contribution < -0.4 is 0 Å². The van der Waals surface area contributed by atoms with Crippen LogP contribution in [0.4, 0.5) is 4.39 Å². The number of hydrogen-bond acceptors (Lipinski definition) is 4. The van der Waals surface area contributed by atoms with E-state index in [0.29, 0.717) is 30.8 Å². The van der Waals surface area contributed by atoms with Crippen LogP contribution in [0, 0.1) is 5.82 Å². The van der Waals surface area contributed by atoms with Gasteiger partial charge in [0.1, 0.15) is 17.5 Å². The van der Waals surface area contributed by atoms with Crippen LogP contribution in [0.5, 0.6) is 0 Å². The van der Waals surface area contributed by atoms with Gasteiger partial charge in [0.2, 0.25) is 5.91 Å². The van der Waals surface area contributed by atoms with E-state index in [9.17, 15) is 14.0 Å². The Kier molecular flexibility index (Phi) is 4.10. The van der Waals surface area contributed by atoms with Gasteiger partial charge in [-0.1, -0.05) is 0 Å². The Morgan fingerprint density at radius 2 is 2.09 bits per heavy atom. The lowest BCUT2D eigenvalue weighted by Crippen LogP contribution is -2.28. The van der Waals surface area contributed by atoms with E-state index in [2.05, 4.69) is 10.2 Å². The smallest absolute Gasteiger partial charge is 0.342 e. The normalized spacial score (nSPS) is 17.3. The Hall–Kier alpha value is -2.70. The van der Waals surface area contributed by atoms with E-state index in [1.807, 2.05) is 0 Å². The van der Waals surface area contributed by atoms with Gasteiger partial charge in [-0.15, -0.1) is 0 Å².